The van der Waals surface area contributed by atoms with Gasteiger partial charge in [-0.25, -0.2) is 0 Å². The fourth-order valence-corrected chi connectivity index (χ4v) is 5.17. The van der Waals surface area contributed by atoms with Gasteiger partial charge in [0.05, 0.1) is 5.92 Å². The molecule has 1 N–H and O–H groups in total. The van der Waals surface area contributed by atoms with E-state index < -0.39 is 5.92 Å². The molecule has 0 spiro atoms. The first-order valence-corrected chi connectivity index (χ1v) is 12.3. The van der Waals surface area contributed by atoms with Crippen molar-refractivity contribution in [1.29, 1.82) is 0 Å². The summed E-state index contributed by atoms with van der Waals surface area (Å²) in [6.45, 7) is 1.66. The molecular formula is C28H26ClNO5. The highest BCUT2D eigenvalue weighted by atomic mass is 35.5. The van der Waals surface area contributed by atoms with Crippen LogP contribution in [0.25, 0.3) is 0 Å². The molecule has 2 aromatic rings. The predicted molar refractivity (Wildman–Crippen MR) is 132 cm³/mol. The van der Waals surface area contributed by atoms with Gasteiger partial charge in [-0.2, -0.15) is 0 Å². The minimum Gasteiger partial charge on any atom is -0.483 e. The third kappa shape index (κ3) is 4.63. The van der Waals surface area contributed by atoms with E-state index >= 15 is 0 Å². The van der Waals surface area contributed by atoms with Gasteiger partial charge in [-0.05, 0) is 43.5 Å². The van der Waals surface area contributed by atoms with Crippen LogP contribution < -0.4 is 10.1 Å². The normalized spacial score (nSPS) is 18.1. The number of aryl methyl sites for hydroxylation is 1. The van der Waals surface area contributed by atoms with Crippen LogP contribution in [0.1, 0.15) is 55.6 Å². The minimum absolute atomic E-state index is 0.00460. The Balaban J connectivity index is 1.44. The lowest BCUT2D eigenvalue weighted by atomic mass is 9.73. The molecule has 0 radical (unpaired) electrons. The number of para-hydroxylation sites is 1. The molecule has 0 unspecified atom stereocenters. The lowest BCUT2D eigenvalue weighted by Gasteiger charge is -2.36. The van der Waals surface area contributed by atoms with Crippen molar-refractivity contribution in [3.8, 4) is 5.75 Å². The maximum absolute atomic E-state index is 13.0. The third-order valence-electron chi connectivity index (χ3n) is 6.69. The zero-order valence-corrected chi connectivity index (χ0v) is 20.2. The molecule has 2 aromatic carbocycles. The quantitative estimate of drug-likeness (QED) is 0.572. The van der Waals surface area contributed by atoms with Gasteiger partial charge in [0.1, 0.15) is 17.3 Å². The van der Waals surface area contributed by atoms with Crippen LogP contribution in [-0.2, 0) is 19.1 Å². The molecular weight excluding hydrogens is 466 g/mol. The van der Waals surface area contributed by atoms with Crippen molar-refractivity contribution in [2.75, 3.05) is 11.9 Å². The number of hydrogen-bond donors (Lipinski definition) is 1. The van der Waals surface area contributed by atoms with E-state index in [1.165, 1.54) is 0 Å². The number of carbonyl (C=O) groups excluding carboxylic acids is 3. The Labute approximate surface area is 208 Å². The van der Waals surface area contributed by atoms with E-state index in [2.05, 4.69) is 5.32 Å². The van der Waals surface area contributed by atoms with Gasteiger partial charge in [0.25, 0.3) is 5.91 Å². The summed E-state index contributed by atoms with van der Waals surface area (Å²) in [5, 5.41) is 3.35. The Morgan fingerprint density at radius 2 is 1.66 bits per heavy atom. The number of amides is 1. The maximum atomic E-state index is 13.0. The molecule has 1 heterocycles. The second-order valence-electron chi connectivity index (χ2n) is 9.10. The fraction of sp³-hybridized carbons (Fsp3) is 0.321. The number of Topliss-reactive ketones (excluding diaryl/α,β-unsaturated/α-hetero) is 2. The monoisotopic (exact) mass is 491 g/mol. The number of hydrogen-bond acceptors (Lipinski definition) is 5. The molecule has 0 fully saturated rings. The number of benzene rings is 2. The predicted octanol–water partition coefficient (Wildman–Crippen LogP) is 5.79. The van der Waals surface area contributed by atoms with Crippen LogP contribution in [0.3, 0.4) is 0 Å². The van der Waals surface area contributed by atoms with E-state index in [9.17, 15) is 14.4 Å². The summed E-state index contributed by atoms with van der Waals surface area (Å²) in [4.78, 5) is 38.7. The van der Waals surface area contributed by atoms with Gasteiger partial charge in [-0.3, -0.25) is 14.4 Å². The average molecular weight is 492 g/mol. The summed E-state index contributed by atoms with van der Waals surface area (Å²) >= 11 is 6.16. The summed E-state index contributed by atoms with van der Waals surface area (Å²) in [6.07, 6.45) is 3.69. The Morgan fingerprint density at radius 3 is 2.31 bits per heavy atom. The van der Waals surface area contributed by atoms with Gasteiger partial charge in [0.2, 0.25) is 0 Å². The van der Waals surface area contributed by atoms with Crippen LogP contribution in [0.15, 0.2) is 65.1 Å². The van der Waals surface area contributed by atoms with E-state index in [1.54, 1.807) is 18.2 Å². The summed E-state index contributed by atoms with van der Waals surface area (Å²) in [6, 6.07) is 12.6. The Bertz CT molecular complexity index is 1250. The van der Waals surface area contributed by atoms with Gasteiger partial charge >= 0.3 is 0 Å². The van der Waals surface area contributed by atoms with Crippen LogP contribution >= 0.6 is 11.6 Å². The molecule has 0 saturated carbocycles. The van der Waals surface area contributed by atoms with Gasteiger partial charge < -0.3 is 14.8 Å². The van der Waals surface area contributed by atoms with E-state index in [0.717, 1.165) is 18.4 Å². The number of halogens is 1. The number of carbonyl (C=O) groups is 3. The van der Waals surface area contributed by atoms with E-state index in [0.29, 0.717) is 70.4 Å². The number of allylic oxidation sites excluding steroid dienone is 4. The molecule has 0 aromatic heterocycles. The highest BCUT2D eigenvalue weighted by molar-refractivity contribution is 6.31. The summed E-state index contributed by atoms with van der Waals surface area (Å²) in [7, 11) is 0. The molecule has 2 aliphatic carbocycles. The van der Waals surface area contributed by atoms with Gasteiger partial charge in [-0.15, -0.1) is 0 Å². The third-order valence-corrected chi connectivity index (χ3v) is 7.09. The Kier molecular flexibility index (Phi) is 6.48. The van der Waals surface area contributed by atoms with Crippen molar-refractivity contribution in [3.05, 3.63) is 81.3 Å². The maximum Gasteiger partial charge on any atom is 0.262 e. The SMILES string of the molecule is Cc1ccc(NC(=O)COc2ccccc2C2C3=C(CCCC3=O)OC3=C2C(=O)CCC3)cc1Cl. The van der Waals surface area contributed by atoms with Crippen molar-refractivity contribution < 1.29 is 23.9 Å². The van der Waals surface area contributed by atoms with Crippen LogP contribution in [-0.4, -0.2) is 24.1 Å². The second-order valence-corrected chi connectivity index (χ2v) is 9.51. The fourth-order valence-electron chi connectivity index (χ4n) is 4.99. The van der Waals surface area contributed by atoms with Crippen molar-refractivity contribution in [3.63, 3.8) is 0 Å². The van der Waals surface area contributed by atoms with Crippen molar-refractivity contribution in [2.24, 2.45) is 0 Å². The highest BCUT2D eigenvalue weighted by Gasteiger charge is 2.42. The molecule has 3 aliphatic rings. The number of nitrogens with one attached hydrogen (secondary N) is 1. The second kappa shape index (κ2) is 9.70. The smallest absolute Gasteiger partial charge is 0.262 e. The molecule has 6 nitrogen and oxygen atoms in total. The number of rotatable bonds is 5. The summed E-state index contributed by atoms with van der Waals surface area (Å²) in [5.74, 6) is 0.937. The Hall–Kier alpha value is -3.38. The van der Waals surface area contributed by atoms with E-state index in [4.69, 9.17) is 21.1 Å². The van der Waals surface area contributed by atoms with E-state index in [1.807, 2.05) is 31.2 Å². The Morgan fingerprint density at radius 1 is 1.00 bits per heavy atom. The molecule has 35 heavy (non-hydrogen) atoms. The van der Waals surface area contributed by atoms with Crippen LogP contribution in [0.2, 0.25) is 5.02 Å². The number of ketones is 2. The first-order chi connectivity index (χ1) is 16.9. The minimum atomic E-state index is -0.537. The van der Waals surface area contributed by atoms with Crippen molar-refractivity contribution in [2.45, 2.75) is 51.4 Å². The molecule has 0 saturated heterocycles. The molecule has 5 rings (SSSR count). The van der Waals surface area contributed by atoms with Crippen LogP contribution in [0.4, 0.5) is 5.69 Å². The summed E-state index contributed by atoms with van der Waals surface area (Å²) < 4.78 is 12.1. The zero-order chi connectivity index (χ0) is 24.5. The molecule has 180 valence electrons. The van der Waals surface area contributed by atoms with Crippen LogP contribution in [0.5, 0.6) is 5.75 Å². The highest BCUT2D eigenvalue weighted by Crippen LogP contribution is 2.49. The molecule has 1 aliphatic heterocycles. The standard InChI is InChI=1S/C28H26ClNO5/c1-16-12-13-17(14-19(16)29)30-25(33)15-34-22-9-3-2-6-18(22)26-27-20(31)7-4-10-23(27)35-24-11-5-8-21(32)28(24)26/h2-3,6,9,12-14,26H,4-5,7-8,10-11,15H2,1H3,(H,30,33). The first kappa shape index (κ1) is 23.4. The topological polar surface area (TPSA) is 81.7 Å². The van der Waals surface area contributed by atoms with Gasteiger partial charge in [-0.1, -0.05) is 35.9 Å². The van der Waals surface area contributed by atoms with Gasteiger partial charge in [0, 0.05) is 53.1 Å². The molecule has 0 atom stereocenters. The number of anilines is 1. The van der Waals surface area contributed by atoms with E-state index in [-0.39, 0.29) is 24.1 Å². The molecule has 1 amide bonds. The average Bonchev–Trinajstić information content (AvgIpc) is 2.84. The lowest BCUT2D eigenvalue weighted by molar-refractivity contribution is -0.119. The molecule has 0 bridgehead atoms. The van der Waals surface area contributed by atoms with Crippen molar-refractivity contribution in [1.82, 2.24) is 0 Å². The largest absolute Gasteiger partial charge is 0.483 e. The van der Waals surface area contributed by atoms with Crippen LogP contribution in [0, 0.1) is 6.92 Å². The number of ether oxygens (including phenoxy) is 2. The van der Waals surface area contributed by atoms with Crippen molar-refractivity contribution >= 4 is 34.8 Å². The first-order valence-electron chi connectivity index (χ1n) is 11.9. The van der Waals surface area contributed by atoms with Gasteiger partial charge in [0.15, 0.2) is 18.2 Å². The lowest BCUT2D eigenvalue weighted by Crippen LogP contribution is -2.30. The summed E-state index contributed by atoms with van der Waals surface area (Å²) in [5.41, 5.74) is 3.31. The molecule has 7 heteroatoms. The zero-order valence-electron chi connectivity index (χ0n) is 19.5.